The summed E-state index contributed by atoms with van der Waals surface area (Å²) in [5.41, 5.74) is 1.41. The number of fused-ring (bicyclic) bond motifs is 1. The molecule has 0 bridgehead atoms. The van der Waals surface area contributed by atoms with Gasteiger partial charge in [0.05, 0.1) is 24.1 Å². The van der Waals surface area contributed by atoms with Crippen molar-refractivity contribution in [2.45, 2.75) is 20.4 Å². The van der Waals surface area contributed by atoms with E-state index in [2.05, 4.69) is 15.3 Å². The van der Waals surface area contributed by atoms with Crippen LogP contribution in [0, 0.1) is 0 Å². The average molecular weight is 382 g/mol. The van der Waals surface area contributed by atoms with Crippen molar-refractivity contribution in [3.05, 3.63) is 64.7 Å². The zero-order valence-corrected chi connectivity index (χ0v) is 16.2. The molecule has 0 aliphatic carbocycles. The van der Waals surface area contributed by atoms with Crippen LogP contribution in [0.3, 0.4) is 0 Å². The normalized spacial score (nSPS) is 10.6. The van der Waals surface area contributed by atoms with E-state index in [1.807, 2.05) is 61.2 Å². The summed E-state index contributed by atoms with van der Waals surface area (Å²) in [6.07, 6.45) is 0. The minimum Gasteiger partial charge on any atom is -0.494 e. The number of aromatic nitrogens is 2. The van der Waals surface area contributed by atoms with Crippen LogP contribution in [0.5, 0.6) is 5.75 Å². The zero-order valence-electron chi connectivity index (χ0n) is 15.4. The predicted octanol–water partition coefficient (Wildman–Crippen LogP) is 3.54. The van der Waals surface area contributed by atoms with Gasteiger partial charge in [0, 0.05) is 12.2 Å². The fourth-order valence-corrected chi connectivity index (χ4v) is 3.03. The summed E-state index contributed by atoms with van der Waals surface area (Å²) in [5.74, 6) is 1.40. The average Bonchev–Trinajstić information content (AvgIpc) is 2.68. The number of para-hydroxylation sites is 1. The van der Waals surface area contributed by atoms with E-state index in [-0.39, 0.29) is 5.56 Å². The summed E-state index contributed by atoms with van der Waals surface area (Å²) < 4.78 is 5.45. The lowest BCUT2D eigenvalue weighted by Crippen LogP contribution is -2.35. The maximum atomic E-state index is 12.2. The molecule has 0 saturated carbocycles. The Morgan fingerprint density at radius 1 is 1.19 bits per heavy atom. The van der Waals surface area contributed by atoms with E-state index in [1.54, 1.807) is 6.07 Å². The number of ether oxygens (including phenoxy) is 1. The molecule has 0 amide bonds. The molecule has 2 N–H and O–H groups in total. The Kier molecular flexibility index (Phi) is 6.03. The zero-order chi connectivity index (χ0) is 19.2. The summed E-state index contributed by atoms with van der Waals surface area (Å²) in [6, 6.07) is 14.9. The van der Waals surface area contributed by atoms with Gasteiger partial charge >= 0.3 is 0 Å². The van der Waals surface area contributed by atoms with E-state index in [4.69, 9.17) is 17.0 Å². The van der Waals surface area contributed by atoms with Gasteiger partial charge in [-0.2, -0.15) is 0 Å². The third-order valence-corrected chi connectivity index (χ3v) is 4.45. The highest BCUT2D eigenvalue weighted by Gasteiger charge is 2.12. The number of thiocarbonyl (C=S) groups is 1. The Morgan fingerprint density at radius 3 is 2.63 bits per heavy atom. The van der Waals surface area contributed by atoms with Crippen LogP contribution < -0.4 is 15.6 Å². The molecular weight excluding hydrogens is 360 g/mol. The van der Waals surface area contributed by atoms with Crippen molar-refractivity contribution in [1.29, 1.82) is 0 Å². The fraction of sp³-hybridized carbons (Fsp3) is 0.250. The van der Waals surface area contributed by atoms with Gasteiger partial charge in [-0.3, -0.25) is 4.79 Å². The van der Waals surface area contributed by atoms with Crippen molar-refractivity contribution in [2.75, 3.05) is 18.5 Å². The monoisotopic (exact) mass is 382 g/mol. The molecule has 0 atom stereocenters. The number of hydrogen-bond donors (Lipinski definition) is 2. The van der Waals surface area contributed by atoms with Gasteiger partial charge in [0.2, 0.25) is 0 Å². The Balaban J connectivity index is 1.72. The van der Waals surface area contributed by atoms with Crippen LogP contribution in [0.25, 0.3) is 10.9 Å². The third-order valence-electron chi connectivity index (χ3n) is 4.09. The molecule has 3 aromatic rings. The van der Waals surface area contributed by atoms with E-state index in [1.165, 1.54) is 0 Å². The van der Waals surface area contributed by atoms with Crippen molar-refractivity contribution in [3.8, 4) is 5.75 Å². The molecule has 3 rings (SSSR count). The first-order chi connectivity index (χ1) is 13.1. The second-order valence-electron chi connectivity index (χ2n) is 5.93. The van der Waals surface area contributed by atoms with E-state index in [9.17, 15) is 4.79 Å². The summed E-state index contributed by atoms with van der Waals surface area (Å²) in [7, 11) is 0. The van der Waals surface area contributed by atoms with Gasteiger partial charge in [0.1, 0.15) is 11.6 Å². The van der Waals surface area contributed by atoms with Crippen LogP contribution >= 0.6 is 12.2 Å². The number of nitrogens with zero attached hydrogens (tertiary/aromatic N) is 2. The first-order valence-corrected chi connectivity index (χ1v) is 9.28. The van der Waals surface area contributed by atoms with Crippen molar-refractivity contribution in [2.24, 2.45) is 0 Å². The maximum absolute atomic E-state index is 12.2. The van der Waals surface area contributed by atoms with E-state index in [0.717, 1.165) is 11.4 Å². The van der Waals surface area contributed by atoms with Crippen LogP contribution in [0.4, 0.5) is 5.69 Å². The second kappa shape index (κ2) is 8.64. The first-order valence-electron chi connectivity index (χ1n) is 8.87. The number of nitrogens with one attached hydrogen (secondary N) is 2. The third kappa shape index (κ3) is 4.62. The van der Waals surface area contributed by atoms with Crippen molar-refractivity contribution in [1.82, 2.24) is 14.9 Å². The highest BCUT2D eigenvalue weighted by Crippen LogP contribution is 2.16. The molecular formula is C20H22N4O2S. The molecule has 0 fully saturated rings. The Morgan fingerprint density at radius 2 is 1.93 bits per heavy atom. The molecule has 140 valence electrons. The molecule has 0 radical (unpaired) electrons. The molecule has 1 aromatic heterocycles. The largest absolute Gasteiger partial charge is 0.494 e. The number of hydrogen-bond acceptors (Lipinski definition) is 4. The molecule has 0 aliphatic rings. The SMILES string of the molecule is CCOc1ccc(NC(=S)N(CC)Cc2nc3ccccc3c(=O)[nH]2)cc1. The molecule has 27 heavy (non-hydrogen) atoms. The van der Waals surface area contributed by atoms with Crippen LogP contribution in [-0.4, -0.2) is 33.1 Å². The van der Waals surface area contributed by atoms with Gasteiger partial charge in [0.15, 0.2) is 5.11 Å². The lowest BCUT2D eigenvalue weighted by molar-refractivity contribution is 0.340. The Hall–Kier alpha value is -2.93. The molecule has 6 nitrogen and oxygen atoms in total. The summed E-state index contributed by atoms with van der Waals surface area (Å²) in [6.45, 7) is 5.68. The quantitative estimate of drug-likeness (QED) is 0.636. The molecule has 2 aromatic carbocycles. The van der Waals surface area contributed by atoms with Crippen LogP contribution in [0.2, 0.25) is 0 Å². The fourth-order valence-electron chi connectivity index (χ4n) is 2.72. The molecule has 7 heteroatoms. The highest BCUT2D eigenvalue weighted by molar-refractivity contribution is 7.80. The Bertz CT molecular complexity index is 985. The number of aromatic amines is 1. The van der Waals surface area contributed by atoms with Crippen molar-refractivity contribution >= 4 is 33.9 Å². The predicted molar refractivity (Wildman–Crippen MR) is 112 cm³/mol. The maximum Gasteiger partial charge on any atom is 0.258 e. The van der Waals surface area contributed by atoms with E-state index < -0.39 is 0 Å². The van der Waals surface area contributed by atoms with Crippen LogP contribution in [0.1, 0.15) is 19.7 Å². The number of anilines is 1. The minimum absolute atomic E-state index is 0.142. The topological polar surface area (TPSA) is 70.2 Å². The first kappa shape index (κ1) is 18.8. The number of H-pyrrole nitrogens is 1. The lowest BCUT2D eigenvalue weighted by atomic mass is 10.2. The lowest BCUT2D eigenvalue weighted by Gasteiger charge is -2.24. The molecule has 1 heterocycles. The van der Waals surface area contributed by atoms with Gasteiger partial charge in [0.25, 0.3) is 5.56 Å². The van der Waals surface area contributed by atoms with Gasteiger partial charge in [-0.15, -0.1) is 0 Å². The van der Waals surface area contributed by atoms with Crippen LogP contribution in [0.15, 0.2) is 53.3 Å². The van der Waals surface area contributed by atoms with Gasteiger partial charge in [-0.05, 0) is 62.5 Å². The van der Waals surface area contributed by atoms with Crippen molar-refractivity contribution < 1.29 is 4.74 Å². The van der Waals surface area contributed by atoms with Gasteiger partial charge in [-0.1, -0.05) is 12.1 Å². The second-order valence-corrected chi connectivity index (χ2v) is 6.32. The van der Waals surface area contributed by atoms with Crippen molar-refractivity contribution in [3.63, 3.8) is 0 Å². The smallest absolute Gasteiger partial charge is 0.258 e. The van der Waals surface area contributed by atoms with Gasteiger partial charge < -0.3 is 19.9 Å². The van der Waals surface area contributed by atoms with E-state index in [0.29, 0.717) is 41.5 Å². The standard InChI is InChI=1S/C20H22N4O2S/c1-3-24(20(27)21-14-9-11-15(12-10-14)26-4-2)13-18-22-17-8-6-5-7-16(17)19(25)23-18/h5-12H,3-4,13H2,1-2H3,(H,21,27)(H,22,23,25). The molecule has 0 unspecified atom stereocenters. The molecule has 0 saturated heterocycles. The Labute approximate surface area is 163 Å². The molecule has 0 aliphatic heterocycles. The number of benzene rings is 2. The summed E-state index contributed by atoms with van der Waals surface area (Å²) in [5, 5.41) is 4.37. The molecule has 0 spiro atoms. The van der Waals surface area contributed by atoms with Crippen LogP contribution in [-0.2, 0) is 6.54 Å². The minimum atomic E-state index is -0.142. The summed E-state index contributed by atoms with van der Waals surface area (Å²) >= 11 is 5.53. The van der Waals surface area contributed by atoms with E-state index >= 15 is 0 Å². The van der Waals surface area contributed by atoms with Gasteiger partial charge in [-0.25, -0.2) is 4.98 Å². The highest BCUT2D eigenvalue weighted by atomic mass is 32.1. The summed E-state index contributed by atoms with van der Waals surface area (Å²) in [4.78, 5) is 21.6. The number of rotatable bonds is 6.